The fraction of sp³-hybridized carbons (Fsp3) is 0.409. The number of aliphatic hydroxyl groups is 1. The molecular formula is C22H28N2O5. The van der Waals surface area contributed by atoms with Crippen LogP contribution in [-0.4, -0.2) is 42.4 Å². The standard InChI is InChI=1S/C22H28N2O5/c1-28-16-7-10-20(29-2)13(11-16)3-5-15-6-8-18(24-15)21(26)14-4-9-19(25)17(12-14)22(23)27/h4,7,9-12,15,18,21,24-26H,3,5-6,8H2,1-2H3,(H2,23,27)/t15-,18-,21?/m1/s1. The summed E-state index contributed by atoms with van der Waals surface area (Å²) in [6, 6.07) is 10.4. The molecule has 2 aromatic rings. The number of hydrogen-bond acceptors (Lipinski definition) is 6. The third kappa shape index (κ3) is 4.81. The van der Waals surface area contributed by atoms with Crippen LogP contribution in [0.2, 0.25) is 0 Å². The van der Waals surface area contributed by atoms with E-state index in [1.807, 2.05) is 18.2 Å². The van der Waals surface area contributed by atoms with Crippen LogP contribution in [0.5, 0.6) is 17.2 Å². The van der Waals surface area contributed by atoms with E-state index in [2.05, 4.69) is 5.32 Å². The summed E-state index contributed by atoms with van der Waals surface area (Å²) < 4.78 is 10.7. The summed E-state index contributed by atoms with van der Waals surface area (Å²) in [6.07, 6.45) is 2.69. The zero-order chi connectivity index (χ0) is 21.0. The van der Waals surface area contributed by atoms with Crippen LogP contribution in [-0.2, 0) is 6.42 Å². The maximum Gasteiger partial charge on any atom is 0.252 e. The Bertz CT molecular complexity index is 870. The van der Waals surface area contributed by atoms with Gasteiger partial charge in [-0.1, -0.05) is 6.07 Å². The van der Waals surface area contributed by atoms with Gasteiger partial charge in [-0.3, -0.25) is 4.79 Å². The molecular weight excluding hydrogens is 372 g/mol. The van der Waals surface area contributed by atoms with Crippen molar-refractivity contribution in [2.45, 2.75) is 43.9 Å². The van der Waals surface area contributed by atoms with Gasteiger partial charge in [0.2, 0.25) is 0 Å². The van der Waals surface area contributed by atoms with Gasteiger partial charge in [-0.15, -0.1) is 0 Å². The average Bonchev–Trinajstić information content (AvgIpc) is 3.20. The zero-order valence-electron chi connectivity index (χ0n) is 16.7. The molecule has 0 aliphatic carbocycles. The Labute approximate surface area is 170 Å². The number of hydrogen-bond donors (Lipinski definition) is 4. The van der Waals surface area contributed by atoms with Crippen LogP contribution in [0.1, 0.15) is 46.9 Å². The van der Waals surface area contributed by atoms with Gasteiger partial charge in [0.1, 0.15) is 17.2 Å². The smallest absolute Gasteiger partial charge is 0.252 e. The van der Waals surface area contributed by atoms with Gasteiger partial charge in [-0.25, -0.2) is 0 Å². The van der Waals surface area contributed by atoms with Crippen molar-refractivity contribution in [3.63, 3.8) is 0 Å². The first-order valence-electron chi connectivity index (χ1n) is 9.70. The average molecular weight is 400 g/mol. The summed E-state index contributed by atoms with van der Waals surface area (Å²) in [5.41, 5.74) is 6.94. The molecule has 1 amide bonds. The summed E-state index contributed by atoms with van der Waals surface area (Å²) in [7, 11) is 3.30. The molecule has 1 unspecified atom stereocenters. The first kappa shape index (κ1) is 21.0. The number of aliphatic hydroxyl groups excluding tert-OH is 1. The van der Waals surface area contributed by atoms with E-state index in [-0.39, 0.29) is 23.4 Å². The summed E-state index contributed by atoms with van der Waals surface area (Å²) in [5, 5.41) is 24.0. The van der Waals surface area contributed by atoms with Crippen LogP contribution in [0.15, 0.2) is 36.4 Å². The van der Waals surface area contributed by atoms with Gasteiger partial charge < -0.3 is 30.7 Å². The molecule has 1 aliphatic heterocycles. The maximum atomic E-state index is 11.4. The minimum Gasteiger partial charge on any atom is -0.507 e. The van der Waals surface area contributed by atoms with E-state index < -0.39 is 12.0 Å². The molecule has 7 heteroatoms. The van der Waals surface area contributed by atoms with Gasteiger partial charge in [-0.2, -0.15) is 0 Å². The molecule has 29 heavy (non-hydrogen) atoms. The number of methoxy groups -OCH3 is 2. The van der Waals surface area contributed by atoms with E-state index in [9.17, 15) is 15.0 Å². The predicted octanol–water partition coefficient (Wildman–Crippen LogP) is 2.30. The highest BCUT2D eigenvalue weighted by Crippen LogP contribution is 2.31. The number of phenols is 1. The van der Waals surface area contributed by atoms with Crippen molar-refractivity contribution in [2.75, 3.05) is 14.2 Å². The number of nitrogens with one attached hydrogen (secondary N) is 1. The molecule has 3 atom stereocenters. The highest BCUT2D eigenvalue weighted by Gasteiger charge is 2.30. The van der Waals surface area contributed by atoms with Gasteiger partial charge in [-0.05, 0) is 67.1 Å². The van der Waals surface area contributed by atoms with E-state index in [0.29, 0.717) is 5.56 Å². The fourth-order valence-corrected chi connectivity index (χ4v) is 3.90. The summed E-state index contributed by atoms with van der Waals surface area (Å²) in [6.45, 7) is 0. The van der Waals surface area contributed by atoms with Crippen LogP contribution < -0.4 is 20.5 Å². The Kier molecular flexibility index (Phi) is 6.61. The fourth-order valence-electron chi connectivity index (χ4n) is 3.90. The van der Waals surface area contributed by atoms with Gasteiger partial charge in [0, 0.05) is 12.1 Å². The number of primary amides is 1. The molecule has 2 aromatic carbocycles. The van der Waals surface area contributed by atoms with Crippen molar-refractivity contribution in [1.82, 2.24) is 5.32 Å². The SMILES string of the molecule is COc1ccc(OC)c(CC[C@@H]2CC[C@H](C(O)c3ccc(O)c(C(N)=O)c3)N2)c1. The highest BCUT2D eigenvalue weighted by atomic mass is 16.5. The predicted molar refractivity (Wildman–Crippen MR) is 109 cm³/mol. The third-order valence-corrected chi connectivity index (χ3v) is 5.53. The summed E-state index contributed by atoms with van der Waals surface area (Å²) in [4.78, 5) is 11.4. The number of carbonyl (C=O) groups is 1. The lowest BCUT2D eigenvalue weighted by atomic mass is 9.98. The molecule has 3 rings (SSSR count). The topological polar surface area (TPSA) is 114 Å². The number of aromatic hydroxyl groups is 1. The molecule has 0 spiro atoms. The molecule has 1 aliphatic rings. The molecule has 1 saturated heterocycles. The molecule has 0 saturated carbocycles. The van der Waals surface area contributed by atoms with Crippen LogP contribution >= 0.6 is 0 Å². The second-order valence-corrected chi connectivity index (χ2v) is 7.35. The van der Waals surface area contributed by atoms with Gasteiger partial charge in [0.25, 0.3) is 5.91 Å². The number of rotatable bonds is 8. The number of ether oxygens (including phenoxy) is 2. The monoisotopic (exact) mass is 400 g/mol. The second kappa shape index (κ2) is 9.15. The summed E-state index contributed by atoms with van der Waals surface area (Å²) in [5.74, 6) is 0.730. The Morgan fingerprint density at radius 3 is 2.69 bits per heavy atom. The first-order valence-corrected chi connectivity index (χ1v) is 9.70. The number of carbonyl (C=O) groups excluding carboxylic acids is 1. The normalized spacial score (nSPS) is 19.7. The number of amides is 1. The van der Waals surface area contributed by atoms with Crippen molar-refractivity contribution in [3.8, 4) is 17.2 Å². The number of benzene rings is 2. The lowest BCUT2D eigenvalue weighted by Crippen LogP contribution is -2.34. The largest absolute Gasteiger partial charge is 0.507 e. The minimum atomic E-state index is -0.787. The van der Waals surface area contributed by atoms with Crippen LogP contribution in [0.4, 0.5) is 0 Å². The number of nitrogens with two attached hydrogens (primary N) is 1. The lowest BCUT2D eigenvalue weighted by molar-refractivity contribution is 0.0996. The van der Waals surface area contributed by atoms with Gasteiger partial charge >= 0.3 is 0 Å². The first-order chi connectivity index (χ1) is 13.9. The maximum absolute atomic E-state index is 11.4. The third-order valence-electron chi connectivity index (χ3n) is 5.53. The van der Waals surface area contributed by atoms with E-state index in [1.165, 1.54) is 12.1 Å². The van der Waals surface area contributed by atoms with Crippen LogP contribution in [0, 0.1) is 0 Å². The van der Waals surface area contributed by atoms with Crippen molar-refractivity contribution < 1.29 is 24.5 Å². The molecule has 5 N–H and O–H groups in total. The van der Waals surface area contributed by atoms with Crippen molar-refractivity contribution >= 4 is 5.91 Å². The number of aryl methyl sites for hydroxylation is 1. The van der Waals surface area contributed by atoms with Crippen LogP contribution in [0.3, 0.4) is 0 Å². The molecule has 0 radical (unpaired) electrons. The lowest BCUT2D eigenvalue weighted by Gasteiger charge is -2.21. The molecule has 0 bridgehead atoms. The van der Waals surface area contributed by atoms with Gasteiger partial charge in [0.05, 0.1) is 25.9 Å². The molecule has 7 nitrogen and oxygen atoms in total. The Balaban J connectivity index is 1.62. The summed E-state index contributed by atoms with van der Waals surface area (Å²) >= 11 is 0. The Morgan fingerprint density at radius 1 is 1.21 bits per heavy atom. The Hall–Kier alpha value is -2.77. The van der Waals surface area contributed by atoms with Crippen molar-refractivity contribution in [2.24, 2.45) is 5.73 Å². The van der Waals surface area contributed by atoms with E-state index >= 15 is 0 Å². The highest BCUT2D eigenvalue weighted by molar-refractivity contribution is 5.95. The molecule has 1 heterocycles. The van der Waals surface area contributed by atoms with E-state index in [4.69, 9.17) is 15.2 Å². The zero-order valence-corrected chi connectivity index (χ0v) is 16.7. The molecule has 156 valence electrons. The quantitative estimate of drug-likeness (QED) is 0.541. The van der Waals surface area contributed by atoms with Crippen LogP contribution in [0.25, 0.3) is 0 Å². The Morgan fingerprint density at radius 2 is 2.00 bits per heavy atom. The molecule has 1 fully saturated rings. The van der Waals surface area contributed by atoms with E-state index in [0.717, 1.165) is 42.7 Å². The second-order valence-electron chi connectivity index (χ2n) is 7.35. The van der Waals surface area contributed by atoms with E-state index in [1.54, 1.807) is 20.3 Å². The molecule has 0 aromatic heterocycles. The van der Waals surface area contributed by atoms with Gasteiger partial charge in [0.15, 0.2) is 0 Å². The van der Waals surface area contributed by atoms with Crippen molar-refractivity contribution in [3.05, 3.63) is 53.1 Å². The van der Waals surface area contributed by atoms with Crippen molar-refractivity contribution in [1.29, 1.82) is 0 Å². The minimum absolute atomic E-state index is 0.0150.